The Morgan fingerprint density at radius 3 is 2.58 bits per heavy atom. The summed E-state index contributed by atoms with van der Waals surface area (Å²) in [5, 5.41) is 3.30. The Balaban J connectivity index is 1.66. The number of carbonyl (C=O) groups excluding carboxylic acids is 1. The average molecular weight is 265 g/mol. The summed E-state index contributed by atoms with van der Waals surface area (Å²) < 4.78 is 5.94. The molecule has 2 bridgehead atoms. The molecule has 1 N–H and O–H groups in total. The van der Waals surface area contributed by atoms with E-state index in [1.165, 1.54) is 12.8 Å². The van der Waals surface area contributed by atoms with Gasteiger partial charge in [0, 0.05) is 12.0 Å². The number of hydrogen-bond donors (Lipinski definition) is 1. The van der Waals surface area contributed by atoms with Crippen molar-refractivity contribution < 1.29 is 9.53 Å². The first-order valence-electron chi connectivity index (χ1n) is 7.86. The van der Waals surface area contributed by atoms with E-state index in [2.05, 4.69) is 26.1 Å². The lowest BCUT2D eigenvalue weighted by molar-refractivity contribution is -0.162. The molecule has 19 heavy (non-hydrogen) atoms. The highest BCUT2D eigenvalue weighted by atomic mass is 16.5. The van der Waals surface area contributed by atoms with Crippen molar-refractivity contribution in [2.45, 2.75) is 59.0 Å². The van der Waals surface area contributed by atoms with Crippen molar-refractivity contribution in [3.05, 3.63) is 0 Å². The highest BCUT2D eigenvalue weighted by Crippen LogP contribution is 2.66. The highest BCUT2D eigenvalue weighted by Gasteiger charge is 2.62. The van der Waals surface area contributed by atoms with Crippen LogP contribution in [0.1, 0.15) is 52.9 Å². The number of esters is 1. The molecule has 0 aromatic heterocycles. The summed E-state index contributed by atoms with van der Waals surface area (Å²) in [6.45, 7) is 8.90. The van der Waals surface area contributed by atoms with E-state index in [4.69, 9.17) is 4.74 Å². The van der Waals surface area contributed by atoms with Gasteiger partial charge in [-0.15, -0.1) is 0 Å². The molecule has 1 aliphatic heterocycles. The van der Waals surface area contributed by atoms with Crippen molar-refractivity contribution >= 4 is 5.97 Å². The number of carbonyl (C=O) groups is 1. The van der Waals surface area contributed by atoms with Gasteiger partial charge in [-0.05, 0) is 50.0 Å². The van der Waals surface area contributed by atoms with E-state index in [1.54, 1.807) is 0 Å². The molecule has 3 aliphatic rings. The van der Waals surface area contributed by atoms with E-state index in [0.717, 1.165) is 38.3 Å². The van der Waals surface area contributed by atoms with Gasteiger partial charge in [0.2, 0.25) is 0 Å². The predicted molar refractivity (Wildman–Crippen MR) is 74.7 cm³/mol. The van der Waals surface area contributed by atoms with Gasteiger partial charge in [-0.3, -0.25) is 4.79 Å². The minimum Gasteiger partial charge on any atom is -0.462 e. The standard InChI is InChI=1S/C16H27NO2/c1-15(2)12-6-7-16(15,3)13(9-12)19-14(18)11-5-4-8-17-10-11/h11-13,17H,4-10H2,1-3H3/t11-,12?,13?,16?/m1/s1. The molecule has 0 spiro atoms. The fourth-order valence-electron chi connectivity index (χ4n) is 4.60. The molecule has 0 aromatic carbocycles. The second kappa shape index (κ2) is 4.47. The van der Waals surface area contributed by atoms with E-state index in [0.29, 0.717) is 5.41 Å². The van der Waals surface area contributed by atoms with Gasteiger partial charge in [0.05, 0.1) is 5.92 Å². The van der Waals surface area contributed by atoms with Crippen LogP contribution in [0.25, 0.3) is 0 Å². The van der Waals surface area contributed by atoms with Gasteiger partial charge in [-0.1, -0.05) is 20.8 Å². The molecular weight excluding hydrogens is 238 g/mol. The Hall–Kier alpha value is -0.570. The topological polar surface area (TPSA) is 38.3 Å². The summed E-state index contributed by atoms with van der Waals surface area (Å²) in [6.07, 6.45) is 5.83. The molecule has 1 heterocycles. The monoisotopic (exact) mass is 265 g/mol. The smallest absolute Gasteiger partial charge is 0.310 e. The molecule has 1 saturated heterocycles. The summed E-state index contributed by atoms with van der Waals surface area (Å²) in [6, 6.07) is 0. The second-order valence-electron chi connectivity index (χ2n) is 7.58. The van der Waals surface area contributed by atoms with Crippen LogP contribution in [0.3, 0.4) is 0 Å². The van der Waals surface area contributed by atoms with Crippen LogP contribution in [0, 0.1) is 22.7 Å². The van der Waals surface area contributed by atoms with Gasteiger partial charge < -0.3 is 10.1 Å². The molecule has 3 heteroatoms. The quantitative estimate of drug-likeness (QED) is 0.780. The van der Waals surface area contributed by atoms with E-state index >= 15 is 0 Å². The minimum atomic E-state index is 0.0433. The largest absolute Gasteiger partial charge is 0.462 e. The zero-order valence-corrected chi connectivity index (χ0v) is 12.5. The Labute approximate surface area is 116 Å². The Morgan fingerprint density at radius 1 is 1.26 bits per heavy atom. The van der Waals surface area contributed by atoms with Gasteiger partial charge >= 0.3 is 5.97 Å². The fraction of sp³-hybridized carbons (Fsp3) is 0.938. The van der Waals surface area contributed by atoms with Crippen LogP contribution in [0.5, 0.6) is 0 Å². The third-order valence-electron chi connectivity index (χ3n) is 6.60. The molecule has 2 saturated carbocycles. The van der Waals surface area contributed by atoms with Gasteiger partial charge in [0.1, 0.15) is 6.10 Å². The molecule has 3 nitrogen and oxygen atoms in total. The minimum absolute atomic E-state index is 0.0433. The molecule has 0 radical (unpaired) electrons. The zero-order valence-electron chi connectivity index (χ0n) is 12.5. The van der Waals surface area contributed by atoms with Crippen LogP contribution in [0.2, 0.25) is 0 Å². The predicted octanol–water partition coefficient (Wildman–Crippen LogP) is 2.74. The molecule has 3 fully saturated rings. The fourth-order valence-corrected chi connectivity index (χ4v) is 4.60. The molecule has 3 rings (SSSR count). The molecule has 3 unspecified atom stereocenters. The van der Waals surface area contributed by atoms with E-state index in [9.17, 15) is 4.79 Å². The lowest BCUT2D eigenvalue weighted by Crippen LogP contribution is -2.42. The Kier molecular flexibility index (Phi) is 3.16. The van der Waals surface area contributed by atoms with Gasteiger partial charge in [0.15, 0.2) is 0 Å². The van der Waals surface area contributed by atoms with Crippen LogP contribution in [-0.2, 0) is 9.53 Å². The number of fused-ring (bicyclic) bond motifs is 2. The summed E-state index contributed by atoms with van der Waals surface area (Å²) in [4.78, 5) is 12.3. The first-order valence-corrected chi connectivity index (χ1v) is 7.86. The van der Waals surface area contributed by atoms with Crippen LogP contribution < -0.4 is 5.32 Å². The number of ether oxygens (including phenoxy) is 1. The molecule has 0 amide bonds. The second-order valence-corrected chi connectivity index (χ2v) is 7.58. The molecule has 0 aromatic rings. The number of piperidine rings is 1. The van der Waals surface area contributed by atoms with Crippen LogP contribution in [-0.4, -0.2) is 25.2 Å². The van der Waals surface area contributed by atoms with Crippen molar-refractivity contribution in [1.29, 1.82) is 0 Å². The number of nitrogens with one attached hydrogen (secondary N) is 1. The maximum absolute atomic E-state index is 12.3. The summed E-state index contributed by atoms with van der Waals surface area (Å²) in [5.41, 5.74) is 0.512. The van der Waals surface area contributed by atoms with Crippen LogP contribution in [0.15, 0.2) is 0 Å². The van der Waals surface area contributed by atoms with E-state index < -0.39 is 0 Å². The maximum Gasteiger partial charge on any atom is 0.310 e. The lowest BCUT2D eigenvalue weighted by atomic mass is 9.70. The number of hydrogen-bond acceptors (Lipinski definition) is 3. The first-order chi connectivity index (χ1) is 8.95. The number of rotatable bonds is 2. The molecule has 2 aliphatic carbocycles. The van der Waals surface area contributed by atoms with Crippen molar-refractivity contribution in [3.63, 3.8) is 0 Å². The van der Waals surface area contributed by atoms with E-state index in [1.807, 2.05) is 0 Å². The summed E-state index contributed by atoms with van der Waals surface area (Å²) >= 11 is 0. The summed E-state index contributed by atoms with van der Waals surface area (Å²) in [7, 11) is 0. The Bertz CT molecular complexity index is 373. The summed E-state index contributed by atoms with van der Waals surface area (Å²) in [5.74, 6) is 0.862. The maximum atomic E-state index is 12.3. The highest BCUT2D eigenvalue weighted by molar-refractivity contribution is 5.73. The van der Waals surface area contributed by atoms with Crippen LogP contribution >= 0.6 is 0 Å². The third-order valence-corrected chi connectivity index (χ3v) is 6.60. The van der Waals surface area contributed by atoms with Gasteiger partial charge in [-0.2, -0.15) is 0 Å². The molecule has 4 atom stereocenters. The first kappa shape index (κ1) is 13.4. The third kappa shape index (κ3) is 1.93. The molecule has 108 valence electrons. The average Bonchev–Trinajstić information content (AvgIpc) is 2.73. The molecular formula is C16H27NO2. The van der Waals surface area contributed by atoms with Crippen molar-refractivity contribution in [3.8, 4) is 0 Å². The van der Waals surface area contributed by atoms with Crippen LogP contribution in [0.4, 0.5) is 0 Å². The Morgan fingerprint density at radius 2 is 2.05 bits per heavy atom. The SMILES string of the molecule is CC1(C)C2CCC1(C)C(OC(=O)[C@@H]1CCCNC1)C2. The van der Waals surface area contributed by atoms with Crippen molar-refractivity contribution in [1.82, 2.24) is 5.32 Å². The van der Waals surface area contributed by atoms with Gasteiger partial charge in [-0.25, -0.2) is 0 Å². The van der Waals surface area contributed by atoms with Crippen molar-refractivity contribution in [2.75, 3.05) is 13.1 Å². The lowest BCUT2D eigenvalue weighted by Gasteiger charge is -2.39. The zero-order chi connectivity index (χ0) is 13.7. The van der Waals surface area contributed by atoms with Crippen molar-refractivity contribution in [2.24, 2.45) is 22.7 Å². The van der Waals surface area contributed by atoms with E-state index in [-0.39, 0.29) is 23.4 Å². The normalized spacial score (nSPS) is 44.3. The van der Waals surface area contributed by atoms with Gasteiger partial charge in [0.25, 0.3) is 0 Å².